The summed E-state index contributed by atoms with van der Waals surface area (Å²) >= 11 is 0. The Labute approximate surface area is 115 Å². The van der Waals surface area contributed by atoms with Crippen LogP contribution < -0.4 is 10.5 Å². The van der Waals surface area contributed by atoms with Gasteiger partial charge in [0.05, 0.1) is 28.6 Å². The van der Waals surface area contributed by atoms with Crippen molar-refractivity contribution in [2.45, 2.75) is 17.6 Å². The summed E-state index contributed by atoms with van der Waals surface area (Å²) in [6, 6.07) is 13.2. The van der Waals surface area contributed by atoms with Crippen molar-refractivity contribution in [3.8, 4) is 5.75 Å². The fourth-order valence-corrected chi connectivity index (χ4v) is 3.13. The van der Waals surface area contributed by atoms with Gasteiger partial charge in [0.1, 0.15) is 5.75 Å². The number of rotatable bonds is 4. The third-order valence-corrected chi connectivity index (χ3v) is 4.33. The minimum absolute atomic E-state index is 0.400. The quantitative estimate of drug-likeness (QED) is 0.873. The summed E-state index contributed by atoms with van der Waals surface area (Å²) in [6.07, 6.45) is 0. The van der Waals surface area contributed by atoms with Crippen molar-refractivity contribution < 1.29 is 8.95 Å². The van der Waals surface area contributed by atoms with E-state index in [0.29, 0.717) is 16.3 Å². The molecular formula is C15H17NO2S. The molecule has 0 aliphatic rings. The van der Waals surface area contributed by atoms with Gasteiger partial charge in [-0.15, -0.1) is 0 Å². The fourth-order valence-electron chi connectivity index (χ4n) is 1.92. The van der Waals surface area contributed by atoms with Gasteiger partial charge in [-0.1, -0.05) is 24.3 Å². The van der Waals surface area contributed by atoms with Gasteiger partial charge in [0.15, 0.2) is 0 Å². The number of nitrogen functional groups attached to an aromatic ring is 1. The topological polar surface area (TPSA) is 52.3 Å². The number of hydrogen-bond acceptors (Lipinski definition) is 3. The molecule has 2 rings (SSSR count). The van der Waals surface area contributed by atoms with Crippen molar-refractivity contribution in [3.63, 3.8) is 0 Å². The van der Waals surface area contributed by atoms with Crippen LogP contribution in [0.15, 0.2) is 47.4 Å². The molecule has 0 aromatic heterocycles. The molecule has 0 radical (unpaired) electrons. The van der Waals surface area contributed by atoms with Crippen LogP contribution in [0.2, 0.25) is 0 Å². The lowest BCUT2D eigenvalue weighted by molar-refractivity contribution is 0.411. The van der Waals surface area contributed by atoms with Gasteiger partial charge in [0, 0.05) is 11.3 Å². The largest absolute Gasteiger partial charge is 0.496 e. The maximum Gasteiger partial charge on any atom is 0.122 e. The Morgan fingerprint density at radius 2 is 1.95 bits per heavy atom. The van der Waals surface area contributed by atoms with Gasteiger partial charge < -0.3 is 10.5 Å². The van der Waals surface area contributed by atoms with E-state index in [1.54, 1.807) is 7.11 Å². The first-order valence-corrected chi connectivity index (χ1v) is 7.30. The van der Waals surface area contributed by atoms with Crippen LogP contribution in [-0.2, 0) is 16.6 Å². The molecule has 100 valence electrons. The third-order valence-electron chi connectivity index (χ3n) is 2.89. The molecule has 2 aromatic carbocycles. The number of aryl methyl sites for hydroxylation is 1. The molecule has 2 aromatic rings. The van der Waals surface area contributed by atoms with E-state index in [1.807, 2.05) is 49.4 Å². The molecule has 0 bridgehead atoms. The van der Waals surface area contributed by atoms with E-state index in [2.05, 4.69) is 0 Å². The van der Waals surface area contributed by atoms with Crippen LogP contribution in [0.4, 0.5) is 5.69 Å². The molecule has 2 N–H and O–H groups in total. The Hall–Kier alpha value is -1.81. The molecule has 0 heterocycles. The van der Waals surface area contributed by atoms with E-state index < -0.39 is 10.8 Å². The Morgan fingerprint density at radius 1 is 1.21 bits per heavy atom. The van der Waals surface area contributed by atoms with Crippen molar-refractivity contribution in [3.05, 3.63) is 53.6 Å². The predicted molar refractivity (Wildman–Crippen MR) is 78.7 cm³/mol. The molecule has 3 nitrogen and oxygen atoms in total. The first kappa shape index (κ1) is 13.6. The van der Waals surface area contributed by atoms with Gasteiger partial charge in [-0.25, -0.2) is 0 Å². The van der Waals surface area contributed by atoms with Crippen LogP contribution in [0.25, 0.3) is 0 Å². The molecule has 0 saturated heterocycles. The fraction of sp³-hybridized carbons (Fsp3) is 0.200. The average molecular weight is 275 g/mol. The van der Waals surface area contributed by atoms with Crippen molar-refractivity contribution in [1.29, 1.82) is 0 Å². The van der Waals surface area contributed by atoms with E-state index in [9.17, 15) is 4.21 Å². The number of benzene rings is 2. The summed E-state index contributed by atoms with van der Waals surface area (Å²) in [7, 11) is 0.442. The normalized spacial score (nSPS) is 12.1. The molecule has 0 aliphatic heterocycles. The highest BCUT2D eigenvalue weighted by Crippen LogP contribution is 2.24. The lowest BCUT2D eigenvalue weighted by Gasteiger charge is -2.10. The van der Waals surface area contributed by atoms with Gasteiger partial charge in [-0.05, 0) is 30.7 Å². The highest BCUT2D eigenvalue weighted by atomic mass is 32.2. The number of nitrogens with two attached hydrogens (primary N) is 1. The number of para-hydroxylation sites is 1. The Morgan fingerprint density at radius 3 is 2.63 bits per heavy atom. The minimum atomic E-state index is -1.17. The zero-order chi connectivity index (χ0) is 13.8. The maximum atomic E-state index is 12.4. The van der Waals surface area contributed by atoms with Crippen LogP contribution in [0.1, 0.15) is 11.1 Å². The summed E-state index contributed by atoms with van der Waals surface area (Å²) in [5.41, 5.74) is 8.48. The van der Waals surface area contributed by atoms with Crippen LogP contribution in [0, 0.1) is 6.92 Å². The monoisotopic (exact) mass is 275 g/mol. The Bertz CT molecular complexity index is 611. The van der Waals surface area contributed by atoms with Crippen LogP contribution >= 0.6 is 0 Å². The van der Waals surface area contributed by atoms with Gasteiger partial charge in [0.2, 0.25) is 0 Å². The Balaban J connectivity index is 2.26. The number of hydrogen-bond donors (Lipinski definition) is 1. The maximum absolute atomic E-state index is 12.4. The molecule has 1 unspecified atom stereocenters. The summed E-state index contributed by atoms with van der Waals surface area (Å²) in [4.78, 5) is 0.677. The number of anilines is 1. The SMILES string of the molecule is COc1ccccc1CS(=O)c1ccc(C)cc1N. The molecular weight excluding hydrogens is 258 g/mol. The van der Waals surface area contributed by atoms with E-state index >= 15 is 0 Å². The van der Waals surface area contributed by atoms with E-state index in [-0.39, 0.29) is 0 Å². The molecule has 0 amide bonds. The van der Waals surface area contributed by atoms with Gasteiger partial charge in [-0.3, -0.25) is 4.21 Å². The van der Waals surface area contributed by atoms with Crippen LogP contribution in [0.5, 0.6) is 5.75 Å². The van der Waals surface area contributed by atoms with E-state index in [0.717, 1.165) is 16.9 Å². The summed E-state index contributed by atoms with van der Waals surface area (Å²) in [6.45, 7) is 1.96. The van der Waals surface area contributed by atoms with E-state index in [1.165, 1.54) is 0 Å². The van der Waals surface area contributed by atoms with Crippen molar-refractivity contribution in [1.82, 2.24) is 0 Å². The molecule has 0 fully saturated rings. The second-order valence-electron chi connectivity index (χ2n) is 4.34. The molecule has 0 saturated carbocycles. The molecule has 0 aliphatic carbocycles. The second kappa shape index (κ2) is 5.89. The molecule has 19 heavy (non-hydrogen) atoms. The van der Waals surface area contributed by atoms with Crippen LogP contribution in [0.3, 0.4) is 0 Å². The number of ether oxygens (including phenoxy) is 1. The zero-order valence-corrected chi connectivity index (χ0v) is 11.9. The lowest BCUT2D eigenvalue weighted by atomic mass is 10.2. The van der Waals surface area contributed by atoms with Gasteiger partial charge in [-0.2, -0.15) is 0 Å². The molecule has 1 atom stereocenters. The average Bonchev–Trinajstić information content (AvgIpc) is 2.39. The Kier molecular flexibility index (Phi) is 4.22. The van der Waals surface area contributed by atoms with Gasteiger partial charge >= 0.3 is 0 Å². The minimum Gasteiger partial charge on any atom is -0.496 e. The predicted octanol–water partition coefficient (Wildman–Crippen LogP) is 2.89. The summed E-state index contributed by atoms with van der Waals surface area (Å²) in [5, 5.41) is 0. The second-order valence-corrected chi connectivity index (χ2v) is 5.76. The first-order chi connectivity index (χ1) is 9.11. The van der Waals surface area contributed by atoms with Gasteiger partial charge in [0.25, 0.3) is 0 Å². The van der Waals surface area contributed by atoms with Crippen molar-refractivity contribution >= 4 is 16.5 Å². The van der Waals surface area contributed by atoms with Crippen molar-refractivity contribution in [2.75, 3.05) is 12.8 Å². The zero-order valence-electron chi connectivity index (χ0n) is 11.1. The first-order valence-electron chi connectivity index (χ1n) is 5.98. The third kappa shape index (κ3) is 3.15. The molecule has 4 heteroatoms. The summed E-state index contributed by atoms with van der Waals surface area (Å²) < 4.78 is 17.7. The van der Waals surface area contributed by atoms with E-state index in [4.69, 9.17) is 10.5 Å². The lowest BCUT2D eigenvalue weighted by Crippen LogP contribution is -2.02. The molecule has 0 spiro atoms. The standard InChI is InChI=1S/C15H17NO2S/c1-11-7-8-15(13(16)9-11)19(17)10-12-5-3-4-6-14(12)18-2/h3-9H,10,16H2,1-2H3. The van der Waals surface area contributed by atoms with Crippen molar-refractivity contribution in [2.24, 2.45) is 0 Å². The smallest absolute Gasteiger partial charge is 0.122 e. The highest BCUT2D eigenvalue weighted by molar-refractivity contribution is 7.84. The van der Waals surface area contributed by atoms with Crippen LogP contribution in [-0.4, -0.2) is 11.3 Å². The number of methoxy groups -OCH3 is 1. The highest BCUT2D eigenvalue weighted by Gasteiger charge is 2.11. The summed E-state index contributed by atoms with van der Waals surface area (Å²) in [5.74, 6) is 1.15.